The number of aromatic nitrogens is 2. The van der Waals surface area contributed by atoms with Gasteiger partial charge in [-0.1, -0.05) is 30.3 Å². The van der Waals surface area contributed by atoms with Crippen LogP contribution in [0.4, 0.5) is 5.69 Å². The monoisotopic (exact) mass is 555 g/mol. The number of likely N-dealkylation sites (tertiary alicyclic amines) is 1. The highest BCUT2D eigenvalue weighted by Crippen LogP contribution is 2.56. The van der Waals surface area contributed by atoms with Gasteiger partial charge < -0.3 is 19.4 Å². The van der Waals surface area contributed by atoms with E-state index in [4.69, 9.17) is 4.74 Å². The van der Waals surface area contributed by atoms with Gasteiger partial charge in [0.05, 0.1) is 18.3 Å². The maximum Gasteiger partial charge on any atom is 0.267 e. The Bertz CT molecular complexity index is 1620. The number of carbonyl (C=O) groups is 3. The smallest absolute Gasteiger partial charge is 0.267 e. The number of nitrogens with zero attached hydrogens (tertiary/aromatic N) is 5. The third-order valence-corrected chi connectivity index (χ3v) is 8.67. The molecule has 1 aromatic heterocycles. The van der Waals surface area contributed by atoms with Crippen LogP contribution < -0.4 is 15.2 Å². The molecule has 0 unspecified atom stereocenters. The molecule has 3 aliphatic rings. The fourth-order valence-electron chi connectivity index (χ4n) is 6.43. The highest BCUT2D eigenvalue weighted by molar-refractivity contribution is 6.12. The van der Waals surface area contributed by atoms with Gasteiger partial charge in [0, 0.05) is 31.9 Å². The highest BCUT2D eigenvalue weighted by Gasteiger charge is 2.61. The fourth-order valence-corrected chi connectivity index (χ4v) is 6.43. The van der Waals surface area contributed by atoms with Crippen molar-refractivity contribution in [2.24, 2.45) is 0 Å². The van der Waals surface area contributed by atoms with Crippen molar-refractivity contribution < 1.29 is 19.1 Å². The number of para-hydroxylation sites is 1. The Kier molecular flexibility index (Phi) is 6.63. The van der Waals surface area contributed by atoms with Crippen LogP contribution in [0.3, 0.4) is 0 Å². The van der Waals surface area contributed by atoms with E-state index < -0.39 is 11.5 Å². The minimum Gasteiger partial charge on any atom is -0.494 e. The first kappa shape index (κ1) is 26.7. The van der Waals surface area contributed by atoms with Crippen molar-refractivity contribution in [2.45, 2.75) is 44.7 Å². The molecule has 41 heavy (non-hydrogen) atoms. The lowest BCUT2D eigenvalue weighted by atomic mass is 9.72. The maximum atomic E-state index is 14.6. The molecule has 3 aromatic rings. The largest absolute Gasteiger partial charge is 0.494 e. The average molecular weight is 556 g/mol. The summed E-state index contributed by atoms with van der Waals surface area (Å²) in [5.41, 5.74) is 2.22. The van der Waals surface area contributed by atoms with Crippen LogP contribution in [0.5, 0.6) is 5.75 Å². The van der Waals surface area contributed by atoms with Crippen molar-refractivity contribution in [1.29, 1.82) is 0 Å². The zero-order valence-electron chi connectivity index (χ0n) is 23.5. The molecule has 4 bridgehead atoms. The molecule has 0 aliphatic carbocycles. The van der Waals surface area contributed by atoms with Crippen LogP contribution in [-0.4, -0.2) is 70.6 Å². The zero-order valence-corrected chi connectivity index (χ0v) is 23.5. The number of fused-ring (bicyclic) bond motifs is 6. The summed E-state index contributed by atoms with van der Waals surface area (Å²) in [6.45, 7) is 4.50. The van der Waals surface area contributed by atoms with Crippen LogP contribution >= 0.6 is 0 Å². The molecule has 0 saturated carbocycles. The topological polar surface area (TPSA) is 105 Å². The Morgan fingerprint density at radius 2 is 1.85 bits per heavy atom. The molecule has 1 spiro atoms. The molecule has 10 heteroatoms. The lowest BCUT2D eigenvalue weighted by Crippen LogP contribution is -2.48. The lowest BCUT2D eigenvalue weighted by Gasteiger charge is -2.35. The van der Waals surface area contributed by atoms with Crippen LogP contribution in [0.25, 0.3) is 0 Å². The van der Waals surface area contributed by atoms with Gasteiger partial charge in [-0.3, -0.25) is 19.2 Å². The number of ether oxygens (including phenoxy) is 1. The van der Waals surface area contributed by atoms with Crippen LogP contribution in [0.2, 0.25) is 0 Å². The molecule has 0 radical (unpaired) electrons. The zero-order chi connectivity index (χ0) is 28.9. The quantitative estimate of drug-likeness (QED) is 0.481. The Morgan fingerprint density at radius 3 is 2.68 bits per heavy atom. The molecule has 1 fully saturated rings. The van der Waals surface area contributed by atoms with Gasteiger partial charge in [-0.2, -0.15) is 5.10 Å². The molecular weight excluding hydrogens is 522 g/mol. The van der Waals surface area contributed by atoms with Gasteiger partial charge in [0.15, 0.2) is 0 Å². The summed E-state index contributed by atoms with van der Waals surface area (Å²) < 4.78 is 7.22. The Balaban J connectivity index is 1.49. The number of benzene rings is 2. The number of hydrogen-bond donors (Lipinski definition) is 0. The van der Waals surface area contributed by atoms with Crippen molar-refractivity contribution >= 4 is 23.4 Å². The predicted octanol–water partition coefficient (Wildman–Crippen LogP) is 2.36. The second kappa shape index (κ2) is 10.2. The summed E-state index contributed by atoms with van der Waals surface area (Å²) in [5, 5.41) is 4.35. The van der Waals surface area contributed by atoms with Crippen LogP contribution in [0, 0.1) is 13.8 Å². The van der Waals surface area contributed by atoms with E-state index in [2.05, 4.69) is 5.10 Å². The van der Waals surface area contributed by atoms with Crippen molar-refractivity contribution in [2.75, 3.05) is 38.2 Å². The summed E-state index contributed by atoms with van der Waals surface area (Å²) in [7, 11) is 1.73. The lowest BCUT2D eigenvalue weighted by molar-refractivity contribution is -0.135. The summed E-state index contributed by atoms with van der Waals surface area (Å²) in [5.74, 6) is -0.0450. The molecule has 2 atom stereocenters. The average Bonchev–Trinajstić information content (AvgIpc) is 3.47. The first-order chi connectivity index (χ1) is 19.7. The van der Waals surface area contributed by atoms with E-state index in [1.807, 2.05) is 55.5 Å². The highest BCUT2D eigenvalue weighted by atomic mass is 16.5. The minimum atomic E-state index is -1.10. The van der Waals surface area contributed by atoms with Gasteiger partial charge in [-0.05, 0) is 61.6 Å². The van der Waals surface area contributed by atoms with E-state index in [9.17, 15) is 19.2 Å². The minimum absolute atomic E-state index is 0.0857. The molecule has 1 saturated heterocycles. The summed E-state index contributed by atoms with van der Waals surface area (Å²) in [4.78, 5) is 59.4. The van der Waals surface area contributed by atoms with Crippen molar-refractivity contribution in [1.82, 2.24) is 19.6 Å². The van der Waals surface area contributed by atoms with Gasteiger partial charge in [0.25, 0.3) is 5.56 Å². The van der Waals surface area contributed by atoms with Gasteiger partial charge in [-0.15, -0.1) is 0 Å². The van der Waals surface area contributed by atoms with Crippen molar-refractivity contribution in [3.63, 3.8) is 0 Å². The van der Waals surface area contributed by atoms with Crippen LogP contribution in [0.1, 0.15) is 41.3 Å². The molecule has 6 rings (SSSR count). The molecule has 3 amide bonds. The van der Waals surface area contributed by atoms with Gasteiger partial charge in [0.2, 0.25) is 17.7 Å². The molecule has 10 nitrogen and oxygen atoms in total. The number of carbonyl (C=O) groups excluding carboxylic acids is 3. The summed E-state index contributed by atoms with van der Waals surface area (Å²) in [6, 6.07) is 15.9. The normalized spacial score (nSPS) is 22.2. The molecule has 3 aliphatic heterocycles. The number of rotatable bonds is 2. The fraction of sp³-hybridized carbons (Fsp3) is 0.387. The van der Waals surface area contributed by atoms with Crippen molar-refractivity contribution in [3.05, 3.63) is 87.3 Å². The maximum absolute atomic E-state index is 14.6. The van der Waals surface area contributed by atoms with Crippen LogP contribution in [0.15, 0.2) is 59.4 Å². The number of likely N-dealkylation sites (N-methyl/N-ethyl adjacent to an activating group) is 1. The standard InChI is InChI=1S/C31H33N5O5/c1-20-16-26(37)36(32-21(20)2)19-28(39)34-14-12-31-24-10-4-5-11-25(24)35(30(31)40)18-27(38)33(3)13-7-15-41-23-9-6-8-22(17-23)29(31)34/h4-6,8-11,16-17,29H,7,12-15,18-19H2,1-3H3/t29-,31+/m0/s1. The number of amides is 3. The molecule has 0 N–H and O–H groups in total. The third-order valence-electron chi connectivity index (χ3n) is 8.67. The van der Waals surface area contributed by atoms with Gasteiger partial charge in [0.1, 0.15) is 24.3 Å². The Labute approximate surface area is 238 Å². The second-order valence-corrected chi connectivity index (χ2v) is 11.1. The number of aryl methyl sites for hydroxylation is 2. The van der Waals surface area contributed by atoms with E-state index >= 15 is 0 Å². The molecular formula is C31H33N5O5. The SMILES string of the molecule is Cc1cc(=O)n(CC(=O)N2CC[C@]34C(=O)N(CC(=O)N(C)CCCOc5cccc(c5)[C@H]23)c2ccccc24)nc1C. The van der Waals surface area contributed by atoms with Gasteiger partial charge in [-0.25, -0.2) is 4.68 Å². The predicted molar refractivity (Wildman–Crippen MR) is 152 cm³/mol. The van der Waals surface area contributed by atoms with Crippen LogP contribution in [-0.2, 0) is 26.3 Å². The first-order valence-corrected chi connectivity index (χ1v) is 13.9. The van der Waals surface area contributed by atoms with E-state index in [0.29, 0.717) is 49.7 Å². The number of hydrogen-bond acceptors (Lipinski definition) is 6. The summed E-state index contributed by atoms with van der Waals surface area (Å²) in [6.07, 6.45) is 1.01. The number of anilines is 1. The van der Waals surface area contributed by atoms with E-state index in [-0.39, 0.29) is 36.4 Å². The van der Waals surface area contributed by atoms with E-state index in [1.54, 1.807) is 28.7 Å². The van der Waals surface area contributed by atoms with Crippen molar-refractivity contribution in [3.8, 4) is 5.75 Å². The first-order valence-electron chi connectivity index (χ1n) is 13.9. The second-order valence-electron chi connectivity index (χ2n) is 11.1. The third kappa shape index (κ3) is 4.38. The Morgan fingerprint density at radius 1 is 1.05 bits per heavy atom. The molecule has 4 heterocycles. The molecule has 212 valence electrons. The van der Waals surface area contributed by atoms with Gasteiger partial charge >= 0.3 is 0 Å². The van der Waals surface area contributed by atoms with E-state index in [0.717, 1.165) is 16.7 Å². The van der Waals surface area contributed by atoms with E-state index in [1.165, 1.54) is 10.7 Å². The Hall–Kier alpha value is -4.47. The summed E-state index contributed by atoms with van der Waals surface area (Å²) >= 11 is 0. The molecule has 2 aromatic carbocycles.